The molecule has 2 rings (SSSR count). The molecule has 0 spiro atoms. The van der Waals surface area contributed by atoms with Crippen LogP contribution in [0.25, 0.3) is 0 Å². The van der Waals surface area contributed by atoms with E-state index in [0.717, 1.165) is 30.7 Å². The third-order valence-electron chi connectivity index (χ3n) is 3.00. The molecule has 0 aliphatic rings. The van der Waals surface area contributed by atoms with E-state index in [4.69, 9.17) is 5.84 Å². The number of nitrogens with zero attached hydrogens (tertiary/aromatic N) is 4. The van der Waals surface area contributed by atoms with Crippen molar-refractivity contribution < 1.29 is 4.92 Å². The summed E-state index contributed by atoms with van der Waals surface area (Å²) >= 11 is 1.46. The van der Waals surface area contributed by atoms with Gasteiger partial charge in [0.05, 0.1) is 4.92 Å². The Morgan fingerprint density at radius 1 is 1.33 bits per heavy atom. The van der Waals surface area contributed by atoms with Gasteiger partial charge in [0, 0.05) is 24.3 Å². The van der Waals surface area contributed by atoms with Gasteiger partial charge in [0.2, 0.25) is 5.16 Å². The van der Waals surface area contributed by atoms with Gasteiger partial charge in [0.15, 0.2) is 5.82 Å². The highest BCUT2D eigenvalue weighted by atomic mass is 32.2. The number of benzene rings is 1. The summed E-state index contributed by atoms with van der Waals surface area (Å²) in [4.78, 5) is 10.2. The Hall–Kier alpha value is -2.09. The molecule has 21 heavy (non-hydrogen) atoms. The number of nitrogen functional groups attached to an aromatic ring is 1. The van der Waals surface area contributed by atoms with Crippen molar-refractivity contribution in [2.45, 2.75) is 37.1 Å². The average molecular weight is 307 g/mol. The van der Waals surface area contributed by atoms with Crippen LogP contribution in [0.1, 0.15) is 31.2 Å². The fraction of sp³-hybridized carbons (Fsp3) is 0.385. The van der Waals surface area contributed by atoms with Gasteiger partial charge in [0.25, 0.3) is 5.69 Å². The van der Waals surface area contributed by atoms with Gasteiger partial charge >= 0.3 is 0 Å². The van der Waals surface area contributed by atoms with Crippen molar-refractivity contribution in [3.63, 3.8) is 0 Å². The number of thioether (sulfide) groups is 1. The summed E-state index contributed by atoms with van der Waals surface area (Å²) in [5, 5.41) is 19.4. The SMILES string of the molecule is CCCCc1nnc(SCc2ccc([N+](=O)[O-])cc2)n1N. The second kappa shape index (κ2) is 7.07. The average Bonchev–Trinajstić information content (AvgIpc) is 2.84. The van der Waals surface area contributed by atoms with Gasteiger partial charge in [-0.2, -0.15) is 0 Å². The molecule has 0 amide bonds. The fourth-order valence-electron chi connectivity index (χ4n) is 1.77. The van der Waals surface area contributed by atoms with Gasteiger partial charge in [0.1, 0.15) is 0 Å². The van der Waals surface area contributed by atoms with E-state index in [1.165, 1.54) is 28.6 Å². The molecule has 0 saturated carbocycles. The Morgan fingerprint density at radius 2 is 2.05 bits per heavy atom. The highest BCUT2D eigenvalue weighted by Crippen LogP contribution is 2.22. The number of unbranched alkanes of at least 4 members (excludes halogenated alkanes) is 1. The van der Waals surface area contributed by atoms with Gasteiger partial charge in [-0.15, -0.1) is 10.2 Å². The Morgan fingerprint density at radius 3 is 2.67 bits per heavy atom. The molecule has 0 aliphatic heterocycles. The van der Waals surface area contributed by atoms with Crippen molar-refractivity contribution >= 4 is 17.4 Å². The highest BCUT2D eigenvalue weighted by Gasteiger charge is 2.10. The summed E-state index contributed by atoms with van der Waals surface area (Å²) in [5.74, 6) is 7.37. The van der Waals surface area contributed by atoms with Crippen LogP contribution in [0.15, 0.2) is 29.4 Å². The molecule has 1 aromatic heterocycles. The van der Waals surface area contributed by atoms with Gasteiger partial charge in [-0.05, 0) is 12.0 Å². The summed E-state index contributed by atoms with van der Waals surface area (Å²) in [6.45, 7) is 2.11. The topological polar surface area (TPSA) is 99.9 Å². The lowest BCUT2D eigenvalue weighted by atomic mass is 10.2. The molecule has 7 nitrogen and oxygen atoms in total. The number of hydrogen-bond acceptors (Lipinski definition) is 6. The molecule has 112 valence electrons. The normalized spacial score (nSPS) is 10.7. The first kappa shape index (κ1) is 15.3. The van der Waals surface area contributed by atoms with Crippen LogP contribution in [-0.4, -0.2) is 19.8 Å². The summed E-state index contributed by atoms with van der Waals surface area (Å²) < 4.78 is 1.52. The molecule has 1 aromatic carbocycles. The van der Waals surface area contributed by atoms with E-state index < -0.39 is 4.92 Å². The first-order chi connectivity index (χ1) is 10.1. The van der Waals surface area contributed by atoms with Crippen molar-refractivity contribution in [2.75, 3.05) is 5.84 Å². The number of aromatic nitrogens is 3. The zero-order chi connectivity index (χ0) is 15.2. The van der Waals surface area contributed by atoms with Gasteiger partial charge in [-0.3, -0.25) is 10.1 Å². The first-order valence-electron chi connectivity index (χ1n) is 6.67. The Balaban J connectivity index is 1.96. The van der Waals surface area contributed by atoms with Crippen molar-refractivity contribution in [1.82, 2.24) is 14.9 Å². The Labute approximate surface area is 126 Å². The Kier molecular flexibility index (Phi) is 5.15. The second-order valence-corrected chi connectivity index (χ2v) is 5.53. The van der Waals surface area contributed by atoms with Crippen LogP contribution in [-0.2, 0) is 12.2 Å². The lowest BCUT2D eigenvalue weighted by Gasteiger charge is -2.03. The quantitative estimate of drug-likeness (QED) is 0.365. The predicted octanol–water partition coefficient (Wildman–Crippen LogP) is 2.53. The summed E-state index contributed by atoms with van der Waals surface area (Å²) in [6.07, 6.45) is 2.93. The molecule has 0 radical (unpaired) electrons. The summed E-state index contributed by atoms with van der Waals surface area (Å²) in [6, 6.07) is 6.46. The fourth-order valence-corrected chi connectivity index (χ4v) is 2.60. The molecule has 0 fully saturated rings. The molecule has 0 atom stereocenters. The molecular formula is C13H17N5O2S. The van der Waals surface area contributed by atoms with Crippen LogP contribution in [0.2, 0.25) is 0 Å². The van der Waals surface area contributed by atoms with Gasteiger partial charge in [-0.1, -0.05) is 37.2 Å². The summed E-state index contributed by atoms with van der Waals surface area (Å²) in [7, 11) is 0. The number of hydrogen-bond donors (Lipinski definition) is 1. The number of aryl methyl sites for hydroxylation is 1. The smallest absolute Gasteiger partial charge is 0.269 e. The third-order valence-corrected chi connectivity index (χ3v) is 4.02. The molecule has 2 N–H and O–H groups in total. The number of non-ortho nitro benzene ring substituents is 1. The van der Waals surface area contributed by atoms with E-state index in [-0.39, 0.29) is 5.69 Å². The summed E-state index contributed by atoms with van der Waals surface area (Å²) in [5.41, 5.74) is 1.07. The number of rotatable bonds is 7. The maximum atomic E-state index is 10.6. The van der Waals surface area contributed by atoms with E-state index in [9.17, 15) is 10.1 Å². The van der Waals surface area contributed by atoms with E-state index in [1.807, 2.05) is 0 Å². The predicted molar refractivity (Wildman–Crippen MR) is 81.4 cm³/mol. The maximum Gasteiger partial charge on any atom is 0.269 e. The van der Waals surface area contributed by atoms with Gasteiger partial charge in [-0.25, -0.2) is 4.68 Å². The molecular weight excluding hydrogens is 290 g/mol. The number of nitro groups is 1. The lowest BCUT2D eigenvalue weighted by Crippen LogP contribution is -2.14. The molecule has 0 bridgehead atoms. The van der Waals surface area contributed by atoms with E-state index in [0.29, 0.717) is 10.9 Å². The Bertz CT molecular complexity index is 612. The first-order valence-corrected chi connectivity index (χ1v) is 7.66. The maximum absolute atomic E-state index is 10.6. The van der Waals surface area contributed by atoms with Crippen LogP contribution in [0.5, 0.6) is 0 Å². The van der Waals surface area contributed by atoms with Crippen molar-refractivity contribution in [1.29, 1.82) is 0 Å². The minimum absolute atomic E-state index is 0.0904. The largest absolute Gasteiger partial charge is 0.336 e. The molecule has 0 unspecified atom stereocenters. The lowest BCUT2D eigenvalue weighted by molar-refractivity contribution is -0.384. The van der Waals surface area contributed by atoms with Crippen molar-refractivity contribution in [3.8, 4) is 0 Å². The minimum Gasteiger partial charge on any atom is -0.336 e. The van der Waals surface area contributed by atoms with Crippen molar-refractivity contribution in [2.24, 2.45) is 0 Å². The minimum atomic E-state index is -0.409. The molecule has 2 aromatic rings. The van der Waals surface area contributed by atoms with Crippen LogP contribution >= 0.6 is 11.8 Å². The van der Waals surface area contributed by atoms with Crippen LogP contribution in [0, 0.1) is 10.1 Å². The van der Waals surface area contributed by atoms with E-state index in [2.05, 4.69) is 17.1 Å². The third kappa shape index (κ3) is 3.94. The number of nitro benzene ring substituents is 1. The standard InChI is InChI=1S/C13H17N5O2S/c1-2-3-4-12-15-16-13(17(12)14)21-9-10-5-7-11(8-6-10)18(19)20/h5-8H,2-4,9,14H2,1H3. The molecule has 1 heterocycles. The second-order valence-electron chi connectivity index (χ2n) is 4.58. The monoisotopic (exact) mass is 307 g/mol. The van der Waals surface area contributed by atoms with Crippen LogP contribution in [0.3, 0.4) is 0 Å². The zero-order valence-electron chi connectivity index (χ0n) is 11.7. The number of nitrogens with two attached hydrogens (primary N) is 1. The highest BCUT2D eigenvalue weighted by molar-refractivity contribution is 7.98. The van der Waals surface area contributed by atoms with E-state index in [1.54, 1.807) is 12.1 Å². The van der Waals surface area contributed by atoms with Gasteiger partial charge < -0.3 is 5.84 Å². The van der Waals surface area contributed by atoms with E-state index >= 15 is 0 Å². The van der Waals surface area contributed by atoms with Crippen LogP contribution in [0.4, 0.5) is 5.69 Å². The molecule has 8 heteroatoms. The molecule has 0 saturated heterocycles. The van der Waals surface area contributed by atoms with Crippen LogP contribution < -0.4 is 5.84 Å². The zero-order valence-corrected chi connectivity index (χ0v) is 12.5. The van der Waals surface area contributed by atoms with Crippen molar-refractivity contribution in [3.05, 3.63) is 45.8 Å². The molecule has 0 aliphatic carbocycles.